The van der Waals surface area contributed by atoms with Crippen molar-refractivity contribution in [3.63, 3.8) is 0 Å². The van der Waals surface area contributed by atoms with E-state index < -0.39 is 6.10 Å². The third-order valence-corrected chi connectivity index (χ3v) is 5.72. The number of likely N-dealkylation sites (N-methyl/N-ethyl adjacent to an activating group) is 1. The van der Waals surface area contributed by atoms with Crippen LogP contribution >= 0.6 is 23.2 Å². The second-order valence-corrected chi connectivity index (χ2v) is 8.06. The fourth-order valence-electron chi connectivity index (χ4n) is 3.84. The van der Waals surface area contributed by atoms with Crippen molar-refractivity contribution in [1.29, 1.82) is 0 Å². The number of hydrogen-bond donors (Lipinski definition) is 1. The highest BCUT2D eigenvalue weighted by atomic mass is 35.5. The van der Waals surface area contributed by atoms with Crippen molar-refractivity contribution in [1.82, 2.24) is 14.4 Å². The van der Waals surface area contributed by atoms with Gasteiger partial charge in [0, 0.05) is 64.6 Å². The zero-order chi connectivity index (χ0) is 18.3. The van der Waals surface area contributed by atoms with Crippen molar-refractivity contribution < 1.29 is 5.11 Å². The lowest BCUT2D eigenvalue weighted by molar-refractivity contribution is 0.0723. The van der Waals surface area contributed by atoms with Crippen molar-refractivity contribution in [3.8, 4) is 0 Å². The number of aliphatic hydroxyl groups excluding tert-OH is 1. The number of nitrogens with zero attached hydrogens (tertiary/aromatic N) is 3. The molecule has 0 aliphatic carbocycles. The average molecular weight is 392 g/mol. The van der Waals surface area contributed by atoms with Crippen LogP contribution in [0.4, 0.5) is 0 Å². The third kappa shape index (κ3) is 3.57. The van der Waals surface area contributed by atoms with E-state index in [1.165, 1.54) is 0 Å². The Bertz CT molecular complexity index is 872. The number of fused-ring (bicyclic) bond motifs is 3. The number of aliphatic hydroxyl groups is 1. The van der Waals surface area contributed by atoms with Crippen LogP contribution in [0.2, 0.25) is 10.0 Å². The molecule has 0 saturated carbocycles. The average Bonchev–Trinajstić information content (AvgIpc) is 2.89. The van der Waals surface area contributed by atoms with E-state index >= 15 is 0 Å². The van der Waals surface area contributed by atoms with Gasteiger partial charge in [0.15, 0.2) is 0 Å². The lowest BCUT2D eigenvalue weighted by Crippen LogP contribution is -2.47. The summed E-state index contributed by atoms with van der Waals surface area (Å²) < 4.78 is 2.18. The molecule has 1 saturated heterocycles. The molecule has 1 aliphatic rings. The normalized spacial score (nSPS) is 18.0. The summed E-state index contributed by atoms with van der Waals surface area (Å²) in [5.74, 6) is 0. The molecular weight excluding hydrogens is 369 g/mol. The summed E-state index contributed by atoms with van der Waals surface area (Å²) in [6.45, 7) is 5.36. The molecule has 138 valence electrons. The van der Waals surface area contributed by atoms with Gasteiger partial charge in [-0.25, -0.2) is 0 Å². The van der Waals surface area contributed by atoms with Crippen LogP contribution in [-0.2, 0) is 6.54 Å². The van der Waals surface area contributed by atoms with Crippen LogP contribution in [0.3, 0.4) is 0 Å². The quantitative estimate of drug-likeness (QED) is 0.735. The zero-order valence-corrected chi connectivity index (χ0v) is 16.3. The molecule has 1 fully saturated rings. The summed E-state index contributed by atoms with van der Waals surface area (Å²) in [6.07, 6.45) is -0.427. The summed E-state index contributed by atoms with van der Waals surface area (Å²) in [4.78, 5) is 4.66. The maximum Gasteiger partial charge on any atom is 0.0845 e. The van der Waals surface area contributed by atoms with Gasteiger partial charge in [-0.2, -0.15) is 0 Å². The van der Waals surface area contributed by atoms with E-state index in [1.54, 1.807) is 0 Å². The number of rotatable bonds is 4. The van der Waals surface area contributed by atoms with Gasteiger partial charge in [-0.15, -0.1) is 0 Å². The van der Waals surface area contributed by atoms with E-state index in [1.807, 2.05) is 36.4 Å². The second kappa shape index (κ2) is 7.37. The van der Waals surface area contributed by atoms with Crippen molar-refractivity contribution in [3.05, 3.63) is 46.4 Å². The molecule has 2 aromatic carbocycles. The van der Waals surface area contributed by atoms with Crippen LogP contribution in [-0.4, -0.2) is 65.3 Å². The molecule has 1 aliphatic heterocycles. The summed E-state index contributed by atoms with van der Waals surface area (Å²) in [5, 5.41) is 14.3. The maximum absolute atomic E-state index is 10.7. The zero-order valence-electron chi connectivity index (χ0n) is 14.8. The summed E-state index contributed by atoms with van der Waals surface area (Å²) >= 11 is 12.4. The lowest BCUT2D eigenvalue weighted by Gasteiger charge is -2.33. The topological polar surface area (TPSA) is 31.6 Å². The Morgan fingerprint density at radius 3 is 1.96 bits per heavy atom. The Morgan fingerprint density at radius 2 is 1.42 bits per heavy atom. The smallest absolute Gasteiger partial charge is 0.0845 e. The van der Waals surface area contributed by atoms with E-state index in [0.717, 1.165) is 48.0 Å². The van der Waals surface area contributed by atoms with E-state index in [-0.39, 0.29) is 0 Å². The van der Waals surface area contributed by atoms with Gasteiger partial charge < -0.3 is 14.6 Å². The fourth-order valence-corrected chi connectivity index (χ4v) is 4.19. The highest BCUT2D eigenvalue weighted by Crippen LogP contribution is 2.33. The van der Waals surface area contributed by atoms with Gasteiger partial charge in [0.25, 0.3) is 0 Å². The molecular formula is C20H23Cl2N3O. The first-order chi connectivity index (χ1) is 12.5. The van der Waals surface area contributed by atoms with E-state index in [4.69, 9.17) is 23.2 Å². The Balaban J connectivity index is 1.64. The summed E-state index contributed by atoms with van der Waals surface area (Å²) in [5.41, 5.74) is 2.15. The molecule has 1 N–H and O–H groups in total. The Kier molecular flexibility index (Phi) is 5.13. The largest absolute Gasteiger partial charge is 0.390 e. The molecule has 1 aromatic heterocycles. The monoisotopic (exact) mass is 391 g/mol. The van der Waals surface area contributed by atoms with Gasteiger partial charge in [-0.1, -0.05) is 23.2 Å². The number of β-amino-alcohol motifs (C(OH)–C–C–N with tert-alkyl or cyclic N) is 1. The van der Waals surface area contributed by atoms with Crippen LogP contribution in [0.15, 0.2) is 36.4 Å². The predicted molar refractivity (Wildman–Crippen MR) is 109 cm³/mol. The minimum Gasteiger partial charge on any atom is -0.390 e. The first-order valence-electron chi connectivity index (χ1n) is 8.97. The first-order valence-corrected chi connectivity index (χ1v) is 9.73. The van der Waals surface area contributed by atoms with Crippen LogP contribution < -0.4 is 0 Å². The van der Waals surface area contributed by atoms with Gasteiger partial charge in [0.05, 0.1) is 12.6 Å². The molecule has 4 rings (SSSR count). The van der Waals surface area contributed by atoms with Gasteiger partial charge in [0.1, 0.15) is 0 Å². The van der Waals surface area contributed by atoms with Crippen molar-refractivity contribution in [2.75, 3.05) is 39.8 Å². The summed E-state index contributed by atoms with van der Waals surface area (Å²) in [6, 6.07) is 11.8. The Morgan fingerprint density at radius 1 is 0.885 bits per heavy atom. The predicted octanol–water partition coefficient (Wildman–Crippen LogP) is 3.71. The molecule has 0 unspecified atom stereocenters. The SMILES string of the molecule is CN1CCN(C[C@H](O)Cn2c3ccc(Cl)cc3c3cc(Cl)ccc32)CC1. The minimum atomic E-state index is -0.427. The van der Waals surface area contributed by atoms with E-state index in [0.29, 0.717) is 23.1 Å². The second-order valence-electron chi connectivity index (χ2n) is 7.19. The first kappa shape index (κ1) is 18.1. The van der Waals surface area contributed by atoms with Gasteiger partial charge in [-0.05, 0) is 43.4 Å². The molecule has 6 heteroatoms. The molecule has 1 atom stereocenters. The van der Waals surface area contributed by atoms with Crippen LogP contribution in [0.5, 0.6) is 0 Å². The standard InChI is InChI=1S/C20H23Cl2N3O/c1-23-6-8-24(9-7-23)12-16(26)13-25-19-4-2-14(21)10-17(19)18-11-15(22)3-5-20(18)25/h2-5,10-11,16,26H,6-9,12-13H2,1H3/t16-/m0/s1. The Hall–Kier alpha value is -1.30. The highest BCUT2D eigenvalue weighted by Gasteiger charge is 2.19. The van der Waals surface area contributed by atoms with E-state index in [9.17, 15) is 5.11 Å². The van der Waals surface area contributed by atoms with Crippen LogP contribution in [0.1, 0.15) is 0 Å². The van der Waals surface area contributed by atoms with Gasteiger partial charge in [0.2, 0.25) is 0 Å². The molecule has 3 aromatic rings. The molecule has 26 heavy (non-hydrogen) atoms. The molecule has 2 heterocycles. The number of halogens is 2. The number of hydrogen-bond acceptors (Lipinski definition) is 3. The van der Waals surface area contributed by atoms with Crippen LogP contribution in [0.25, 0.3) is 21.8 Å². The number of aromatic nitrogens is 1. The molecule has 0 spiro atoms. The molecule has 0 bridgehead atoms. The van der Waals surface area contributed by atoms with E-state index in [2.05, 4.69) is 21.4 Å². The maximum atomic E-state index is 10.7. The number of piperazine rings is 1. The fraction of sp³-hybridized carbons (Fsp3) is 0.400. The lowest BCUT2D eigenvalue weighted by atomic mass is 10.1. The highest BCUT2D eigenvalue weighted by molar-refractivity contribution is 6.33. The van der Waals surface area contributed by atoms with Crippen molar-refractivity contribution in [2.45, 2.75) is 12.6 Å². The third-order valence-electron chi connectivity index (χ3n) is 5.25. The van der Waals surface area contributed by atoms with Crippen molar-refractivity contribution in [2.24, 2.45) is 0 Å². The molecule has 0 radical (unpaired) electrons. The Labute approximate surface area is 163 Å². The molecule has 4 nitrogen and oxygen atoms in total. The minimum absolute atomic E-state index is 0.427. The number of benzene rings is 2. The summed E-state index contributed by atoms with van der Waals surface area (Å²) in [7, 11) is 2.14. The van der Waals surface area contributed by atoms with Crippen molar-refractivity contribution >= 4 is 45.0 Å². The van der Waals surface area contributed by atoms with Gasteiger partial charge >= 0.3 is 0 Å². The van der Waals surface area contributed by atoms with Crippen LogP contribution in [0, 0.1) is 0 Å². The molecule has 0 amide bonds. The van der Waals surface area contributed by atoms with Gasteiger partial charge in [-0.3, -0.25) is 4.90 Å².